The number of aromatic nitrogens is 1. The van der Waals surface area contributed by atoms with Crippen LogP contribution >= 0.6 is 0 Å². The lowest BCUT2D eigenvalue weighted by Gasteiger charge is -2.29. The van der Waals surface area contributed by atoms with Crippen molar-refractivity contribution in [3.63, 3.8) is 0 Å². The molecule has 2 aliphatic rings. The first-order valence-electron chi connectivity index (χ1n) is 6.72. The van der Waals surface area contributed by atoms with Crippen molar-refractivity contribution < 1.29 is 14.3 Å². The van der Waals surface area contributed by atoms with Crippen molar-refractivity contribution in [2.45, 2.75) is 25.3 Å². The summed E-state index contributed by atoms with van der Waals surface area (Å²) >= 11 is 0. The molecule has 0 unspecified atom stereocenters. The molecule has 1 amide bonds. The van der Waals surface area contributed by atoms with E-state index in [4.69, 9.17) is 4.74 Å². The molecule has 1 heterocycles. The van der Waals surface area contributed by atoms with Crippen molar-refractivity contribution in [2.75, 3.05) is 7.11 Å². The van der Waals surface area contributed by atoms with Gasteiger partial charge in [0.1, 0.15) is 5.69 Å². The van der Waals surface area contributed by atoms with Crippen LogP contribution in [0.15, 0.2) is 18.3 Å². The first kappa shape index (κ1) is 12.3. The van der Waals surface area contributed by atoms with Crippen LogP contribution in [0, 0.1) is 17.8 Å². The van der Waals surface area contributed by atoms with Gasteiger partial charge in [-0.2, -0.15) is 0 Å². The highest BCUT2D eigenvalue weighted by Gasteiger charge is 2.52. The first-order chi connectivity index (χ1) is 9.20. The van der Waals surface area contributed by atoms with Crippen molar-refractivity contribution in [2.24, 2.45) is 17.8 Å². The summed E-state index contributed by atoms with van der Waals surface area (Å²) in [6, 6.07) is 3.44. The van der Waals surface area contributed by atoms with E-state index in [1.54, 1.807) is 18.3 Å². The van der Waals surface area contributed by atoms with Gasteiger partial charge < -0.3 is 15.0 Å². The summed E-state index contributed by atoms with van der Waals surface area (Å²) in [5, 5.41) is 3.01. The fraction of sp³-hybridized carbons (Fsp3) is 0.571. The maximum absolute atomic E-state index is 12.1. The number of aromatic amines is 1. The van der Waals surface area contributed by atoms with E-state index in [1.807, 2.05) is 0 Å². The second kappa shape index (κ2) is 4.72. The number of hydrogen-bond acceptors (Lipinski definition) is 3. The van der Waals surface area contributed by atoms with E-state index in [-0.39, 0.29) is 23.8 Å². The highest BCUT2D eigenvalue weighted by Crippen LogP contribution is 2.48. The molecule has 2 N–H and O–H groups in total. The molecule has 1 aromatic heterocycles. The molecular formula is C14H18N2O3. The number of carbonyl (C=O) groups is 2. The molecule has 2 saturated carbocycles. The van der Waals surface area contributed by atoms with Crippen LogP contribution in [0.4, 0.5) is 0 Å². The monoisotopic (exact) mass is 262 g/mol. The molecule has 2 fully saturated rings. The quantitative estimate of drug-likeness (QED) is 0.807. The lowest BCUT2D eigenvalue weighted by molar-refractivity contribution is -0.148. The van der Waals surface area contributed by atoms with Crippen LogP contribution in [-0.2, 0) is 9.53 Å². The Balaban J connectivity index is 1.75. The lowest BCUT2D eigenvalue weighted by atomic mass is 9.84. The molecular weight excluding hydrogens is 244 g/mol. The molecule has 5 heteroatoms. The summed E-state index contributed by atoms with van der Waals surface area (Å²) < 4.78 is 4.89. The smallest absolute Gasteiger partial charge is 0.311 e. The largest absolute Gasteiger partial charge is 0.469 e. The van der Waals surface area contributed by atoms with Gasteiger partial charge in [0, 0.05) is 12.2 Å². The number of esters is 1. The average Bonchev–Trinajstić information content (AvgIpc) is 3.13. The van der Waals surface area contributed by atoms with Gasteiger partial charge in [-0.05, 0) is 43.2 Å². The van der Waals surface area contributed by atoms with E-state index in [9.17, 15) is 9.59 Å². The zero-order chi connectivity index (χ0) is 13.4. The zero-order valence-electron chi connectivity index (χ0n) is 10.9. The molecule has 0 saturated heterocycles. The van der Waals surface area contributed by atoms with Gasteiger partial charge in [-0.15, -0.1) is 0 Å². The topological polar surface area (TPSA) is 71.2 Å². The second-order valence-corrected chi connectivity index (χ2v) is 5.47. The molecule has 2 bridgehead atoms. The Morgan fingerprint density at radius 1 is 1.37 bits per heavy atom. The summed E-state index contributed by atoms with van der Waals surface area (Å²) in [6.45, 7) is 0. The highest BCUT2D eigenvalue weighted by molar-refractivity contribution is 5.93. The number of ether oxygens (including phenoxy) is 1. The van der Waals surface area contributed by atoms with Crippen molar-refractivity contribution in [1.82, 2.24) is 10.3 Å². The SMILES string of the molecule is COC(=O)[C@H]1[C@H]2CC[C@@H](C2)[C@@H]1NC(=O)c1ccc[nH]1. The van der Waals surface area contributed by atoms with Crippen molar-refractivity contribution in [1.29, 1.82) is 0 Å². The van der Waals surface area contributed by atoms with Crippen molar-refractivity contribution in [3.8, 4) is 0 Å². The van der Waals surface area contributed by atoms with Crippen LogP contribution in [0.1, 0.15) is 29.8 Å². The van der Waals surface area contributed by atoms with Crippen LogP contribution in [0.25, 0.3) is 0 Å². The van der Waals surface area contributed by atoms with Crippen LogP contribution in [0.5, 0.6) is 0 Å². The summed E-state index contributed by atoms with van der Waals surface area (Å²) in [5.41, 5.74) is 0.534. The average molecular weight is 262 g/mol. The molecule has 2 aliphatic carbocycles. The predicted molar refractivity (Wildman–Crippen MR) is 68.4 cm³/mol. The summed E-state index contributed by atoms with van der Waals surface area (Å²) in [4.78, 5) is 26.9. The number of hydrogen-bond donors (Lipinski definition) is 2. The summed E-state index contributed by atoms with van der Waals surface area (Å²) in [5.74, 6) is 0.266. The Labute approximate surface area is 111 Å². The van der Waals surface area contributed by atoms with Gasteiger partial charge in [-0.25, -0.2) is 0 Å². The predicted octanol–water partition coefficient (Wildman–Crippen LogP) is 1.33. The van der Waals surface area contributed by atoms with Gasteiger partial charge in [0.25, 0.3) is 5.91 Å². The van der Waals surface area contributed by atoms with Gasteiger partial charge in [-0.3, -0.25) is 9.59 Å². The molecule has 5 nitrogen and oxygen atoms in total. The minimum atomic E-state index is -0.191. The van der Waals surface area contributed by atoms with Gasteiger partial charge >= 0.3 is 5.97 Å². The first-order valence-corrected chi connectivity index (χ1v) is 6.72. The maximum atomic E-state index is 12.1. The Hall–Kier alpha value is -1.78. The van der Waals surface area contributed by atoms with E-state index in [0.29, 0.717) is 17.5 Å². The maximum Gasteiger partial charge on any atom is 0.311 e. The highest BCUT2D eigenvalue weighted by atomic mass is 16.5. The molecule has 0 spiro atoms. The van der Waals surface area contributed by atoms with Crippen molar-refractivity contribution >= 4 is 11.9 Å². The molecule has 4 atom stereocenters. The van der Waals surface area contributed by atoms with Crippen LogP contribution in [0.2, 0.25) is 0 Å². The molecule has 3 rings (SSSR count). The Kier molecular flexibility index (Phi) is 3.05. The third kappa shape index (κ3) is 2.03. The van der Waals surface area contributed by atoms with E-state index in [2.05, 4.69) is 10.3 Å². The number of H-pyrrole nitrogens is 1. The van der Waals surface area contributed by atoms with E-state index in [1.165, 1.54) is 7.11 Å². The number of amides is 1. The summed E-state index contributed by atoms with van der Waals surface area (Å²) in [7, 11) is 1.41. The summed E-state index contributed by atoms with van der Waals surface area (Å²) in [6.07, 6.45) is 4.90. The van der Waals surface area contributed by atoms with Crippen LogP contribution in [0.3, 0.4) is 0 Å². The number of rotatable bonds is 3. The van der Waals surface area contributed by atoms with Crippen LogP contribution in [-0.4, -0.2) is 30.0 Å². The third-order valence-electron chi connectivity index (χ3n) is 4.53. The normalized spacial score (nSPS) is 32.3. The molecule has 0 aliphatic heterocycles. The fourth-order valence-electron chi connectivity index (χ4n) is 3.67. The van der Waals surface area contributed by atoms with Crippen LogP contribution < -0.4 is 5.32 Å². The van der Waals surface area contributed by atoms with E-state index in [0.717, 1.165) is 19.3 Å². The number of nitrogens with one attached hydrogen (secondary N) is 2. The standard InChI is InChI=1S/C14H18N2O3/c1-19-14(18)11-8-4-5-9(7-8)12(11)16-13(17)10-3-2-6-15-10/h2-3,6,8-9,11-12,15H,4-5,7H2,1H3,(H,16,17)/t8-,9-,11-,12-/m0/s1. The fourth-order valence-corrected chi connectivity index (χ4v) is 3.67. The minimum Gasteiger partial charge on any atom is -0.469 e. The van der Waals surface area contributed by atoms with Gasteiger partial charge in [-0.1, -0.05) is 0 Å². The number of fused-ring (bicyclic) bond motifs is 2. The Bertz CT molecular complexity index is 483. The van der Waals surface area contributed by atoms with Gasteiger partial charge in [0.05, 0.1) is 13.0 Å². The minimum absolute atomic E-state index is 0.0815. The Morgan fingerprint density at radius 3 is 2.84 bits per heavy atom. The van der Waals surface area contributed by atoms with Gasteiger partial charge in [0.15, 0.2) is 0 Å². The number of carbonyl (C=O) groups excluding carboxylic acids is 2. The van der Waals surface area contributed by atoms with E-state index < -0.39 is 0 Å². The second-order valence-electron chi connectivity index (χ2n) is 5.47. The Morgan fingerprint density at radius 2 is 2.16 bits per heavy atom. The molecule has 0 aromatic carbocycles. The third-order valence-corrected chi connectivity index (χ3v) is 4.53. The molecule has 19 heavy (non-hydrogen) atoms. The molecule has 1 aromatic rings. The molecule has 0 radical (unpaired) electrons. The van der Waals surface area contributed by atoms with Crippen molar-refractivity contribution in [3.05, 3.63) is 24.0 Å². The number of methoxy groups -OCH3 is 1. The van der Waals surface area contributed by atoms with Gasteiger partial charge in [0.2, 0.25) is 0 Å². The zero-order valence-corrected chi connectivity index (χ0v) is 10.9. The van der Waals surface area contributed by atoms with E-state index >= 15 is 0 Å². The molecule has 102 valence electrons. The lowest BCUT2D eigenvalue weighted by Crippen LogP contribution is -2.47.